The molecule has 2 aromatic rings. The van der Waals surface area contributed by atoms with Crippen LogP contribution in [0, 0.1) is 5.82 Å². The van der Waals surface area contributed by atoms with E-state index in [9.17, 15) is 4.39 Å². The molecule has 0 aliphatic heterocycles. The highest BCUT2D eigenvalue weighted by Crippen LogP contribution is 2.29. The van der Waals surface area contributed by atoms with Crippen LogP contribution in [0.3, 0.4) is 0 Å². The minimum absolute atomic E-state index is 0.103. The molecular weight excluding hydrogens is 321 g/mol. The Kier molecular flexibility index (Phi) is 5.15. The van der Waals surface area contributed by atoms with E-state index in [4.69, 9.17) is 10.5 Å². The second-order valence-corrected chi connectivity index (χ2v) is 5.60. The topological polar surface area (TPSA) is 35.2 Å². The summed E-state index contributed by atoms with van der Waals surface area (Å²) in [7, 11) is 0. The predicted octanol–water partition coefficient (Wildman–Crippen LogP) is 4.66. The van der Waals surface area contributed by atoms with Crippen molar-refractivity contribution in [3.05, 3.63) is 58.3 Å². The number of halogens is 2. The van der Waals surface area contributed by atoms with Gasteiger partial charge in [0.05, 0.1) is 0 Å². The van der Waals surface area contributed by atoms with Gasteiger partial charge in [-0.25, -0.2) is 4.39 Å². The molecule has 0 saturated heterocycles. The Morgan fingerprint density at radius 2 is 1.90 bits per heavy atom. The molecule has 4 heteroatoms. The van der Waals surface area contributed by atoms with Crippen LogP contribution in [0.1, 0.15) is 18.9 Å². The van der Waals surface area contributed by atoms with Crippen LogP contribution in [0.15, 0.2) is 46.9 Å². The van der Waals surface area contributed by atoms with Gasteiger partial charge >= 0.3 is 0 Å². The van der Waals surface area contributed by atoms with Gasteiger partial charge in [-0.2, -0.15) is 0 Å². The highest BCUT2D eigenvalue weighted by Gasteiger charge is 2.09. The minimum Gasteiger partial charge on any atom is -0.457 e. The van der Waals surface area contributed by atoms with Gasteiger partial charge in [-0.1, -0.05) is 28.9 Å². The zero-order valence-electron chi connectivity index (χ0n) is 11.3. The number of benzene rings is 2. The van der Waals surface area contributed by atoms with Crippen LogP contribution in [0.2, 0.25) is 0 Å². The summed E-state index contributed by atoms with van der Waals surface area (Å²) in [6.45, 7) is 2.06. The zero-order chi connectivity index (χ0) is 14.5. The minimum atomic E-state index is -0.278. The normalized spacial score (nSPS) is 12.2. The van der Waals surface area contributed by atoms with Gasteiger partial charge in [0, 0.05) is 10.5 Å². The van der Waals surface area contributed by atoms with Crippen LogP contribution in [0.5, 0.6) is 11.5 Å². The Labute approximate surface area is 126 Å². The SMILES string of the molecule is CCC(N)Cc1ccc(Br)cc1Oc1ccc(F)cc1. The van der Waals surface area contributed by atoms with Crippen molar-refractivity contribution in [3.8, 4) is 11.5 Å². The monoisotopic (exact) mass is 337 g/mol. The van der Waals surface area contributed by atoms with Crippen LogP contribution < -0.4 is 10.5 Å². The maximum Gasteiger partial charge on any atom is 0.131 e. The molecule has 106 valence electrons. The first-order valence-corrected chi connectivity index (χ1v) is 7.35. The van der Waals surface area contributed by atoms with Gasteiger partial charge in [-0.3, -0.25) is 0 Å². The van der Waals surface area contributed by atoms with Crippen molar-refractivity contribution >= 4 is 15.9 Å². The van der Waals surface area contributed by atoms with E-state index in [0.29, 0.717) is 5.75 Å². The average Bonchev–Trinajstić information content (AvgIpc) is 2.44. The molecule has 0 aliphatic rings. The standard InChI is InChI=1S/C16H17BrFNO/c1-2-14(19)9-11-3-4-12(17)10-16(11)20-15-7-5-13(18)6-8-15/h3-8,10,14H,2,9,19H2,1H3. The van der Waals surface area contributed by atoms with Crippen molar-refractivity contribution in [2.75, 3.05) is 0 Å². The van der Waals surface area contributed by atoms with Crippen molar-refractivity contribution in [1.82, 2.24) is 0 Å². The lowest BCUT2D eigenvalue weighted by Gasteiger charge is -2.14. The molecule has 0 bridgehead atoms. The average molecular weight is 338 g/mol. The Bertz CT molecular complexity index is 571. The smallest absolute Gasteiger partial charge is 0.131 e. The van der Waals surface area contributed by atoms with Gasteiger partial charge < -0.3 is 10.5 Å². The largest absolute Gasteiger partial charge is 0.457 e. The summed E-state index contributed by atoms with van der Waals surface area (Å²) in [5.74, 6) is 1.07. The molecule has 0 saturated carbocycles. The fraction of sp³-hybridized carbons (Fsp3) is 0.250. The lowest BCUT2D eigenvalue weighted by molar-refractivity contribution is 0.470. The van der Waals surface area contributed by atoms with Gasteiger partial charge in [0.25, 0.3) is 0 Å². The van der Waals surface area contributed by atoms with E-state index in [2.05, 4.69) is 22.9 Å². The Hall–Kier alpha value is -1.39. The van der Waals surface area contributed by atoms with Crippen molar-refractivity contribution in [2.45, 2.75) is 25.8 Å². The molecule has 0 radical (unpaired) electrons. The molecule has 0 spiro atoms. The Morgan fingerprint density at radius 3 is 2.55 bits per heavy atom. The molecule has 1 atom stereocenters. The third-order valence-electron chi connectivity index (χ3n) is 3.08. The van der Waals surface area contributed by atoms with Crippen LogP contribution in [0.25, 0.3) is 0 Å². The van der Waals surface area contributed by atoms with Gasteiger partial charge in [0.15, 0.2) is 0 Å². The molecule has 2 aromatic carbocycles. The number of rotatable bonds is 5. The predicted molar refractivity (Wildman–Crippen MR) is 82.6 cm³/mol. The summed E-state index contributed by atoms with van der Waals surface area (Å²) in [4.78, 5) is 0. The van der Waals surface area contributed by atoms with Gasteiger partial charge in [-0.05, 0) is 54.8 Å². The number of hydrogen-bond acceptors (Lipinski definition) is 2. The summed E-state index contributed by atoms with van der Waals surface area (Å²) in [6.07, 6.45) is 1.66. The van der Waals surface area contributed by atoms with Crippen LogP contribution in [0.4, 0.5) is 4.39 Å². The second kappa shape index (κ2) is 6.86. The Morgan fingerprint density at radius 1 is 1.20 bits per heavy atom. The lowest BCUT2D eigenvalue weighted by Crippen LogP contribution is -2.21. The van der Waals surface area contributed by atoms with E-state index >= 15 is 0 Å². The molecule has 2 rings (SSSR count). The molecule has 0 fully saturated rings. The van der Waals surface area contributed by atoms with Gasteiger partial charge in [0.2, 0.25) is 0 Å². The molecule has 0 amide bonds. The lowest BCUT2D eigenvalue weighted by atomic mass is 10.0. The highest BCUT2D eigenvalue weighted by atomic mass is 79.9. The van der Waals surface area contributed by atoms with Crippen molar-refractivity contribution < 1.29 is 9.13 Å². The first-order chi connectivity index (χ1) is 9.58. The quantitative estimate of drug-likeness (QED) is 0.861. The summed E-state index contributed by atoms with van der Waals surface area (Å²) >= 11 is 3.43. The first kappa shape index (κ1) is 15.0. The fourth-order valence-corrected chi connectivity index (χ4v) is 2.19. The molecule has 2 nitrogen and oxygen atoms in total. The van der Waals surface area contributed by atoms with Gasteiger partial charge in [-0.15, -0.1) is 0 Å². The van der Waals surface area contributed by atoms with E-state index in [1.807, 2.05) is 18.2 Å². The van der Waals surface area contributed by atoms with E-state index in [1.54, 1.807) is 12.1 Å². The van der Waals surface area contributed by atoms with E-state index in [-0.39, 0.29) is 11.9 Å². The van der Waals surface area contributed by atoms with Crippen molar-refractivity contribution in [2.24, 2.45) is 5.73 Å². The maximum absolute atomic E-state index is 12.9. The van der Waals surface area contributed by atoms with E-state index in [0.717, 1.165) is 28.6 Å². The van der Waals surface area contributed by atoms with E-state index < -0.39 is 0 Å². The Balaban J connectivity index is 2.24. The molecular formula is C16H17BrFNO. The van der Waals surface area contributed by atoms with Crippen LogP contribution in [-0.2, 0) is 6.42 Å². The maximum atomic E-state index is 12.9. The van der Waals surface area contributed by atoms with Crippen LogP contribution >= 0.6 is 15.9 Å². The molecule has 0 heterocycles. The van der Waals surface area contributed by atoms with Crippen LogP contribution in [-0.4, -0.2) is 6.04 Å². The number of nitrogens with two attached hydrogens (primary N) is 1. The fourth-order valence-electron chi connectivity index (χ4n) is 1.85. The summed E-state index contributed by atoms with van der Waals surface area (Å²) in [5.41, 5.74) is 7.06. The number of hydrogen-bond donors (Lipinski definition) is 1. The third-order valence-corrected chi connectivity index (χ3v) is 3.57. The molecule has 20 heavy (non-hydrogen) atoms. The van der Waals surface area contributed by atoms with Crippen molar-refractivity contribution in [3.63, 3.8) is 0 Å². The first-order valence-electron chi connectivity index (χ1n) is 6.56. The molecule has 1 unspecified atom stereocenters. The summed E-state index contributed by atoms with van der Waals surface area (Å²) in [6, 6.07) is 12.0. The molecule has 0 aromatic heterocycles. The number of ether oxygens (including phenoxy) is 1. The van der Waals surface area contributed by atoms with Gasteiger partial charge in [0.1, 0.15) is 17.3 Å². The van der Waals surface area contributed by atoms with E-state index in [1.165, 1.54) is 12.1 Å². The second-order valence-electron chi connectivity index (χ2n) is 4.68. The zero-order valence-corrected chi connectivity index (χ0v) is 12.9. The molecule has 2 N–H and O–H groups in total. The summed E-state index contributed by atoms with van der Waals surface area (Å²) < 4.78 is 19.7. The summed E-state index contributed by atoms with van der Waals surface area (Å²) in [5, 5.41) is 0. The molecule has 0 aliphatic carbocycles. The third kappa shape index (κ3) is 4.05. The van der Waals surface area contributed by atoms with Crippen molar-refractivity contribution in [1.29, 1.82) is 0 Å². The highest BCUT2D eigenvalue weighted by molar-refractivity contribution is 9.10.